The zero-order valence-corrected chi connectivity index (χ0v) is 35.8. The Hall–Kier alpha value is -4.34. The highest BCUT2D eigenvalue weighted by Crippen LogP contribution is 2.39. The summed E-state index contributed by atoms with van der Waals surface area (Å²) in [6, 6.07) is 44.8. The van der Waals surface area contributed by atoms with Crippen LogP contribution in [0.3, 0.4) is 0 Å². The average molecular weight is 768 g/mol. The third-order valence-electron chi connectivity index (χ3n) is 11.5. The molecule has 0 aliphatic carbocycles. The van der Waals surface area contributed by atoms with Crippen molar-refractivity contribution < 1.29 is 18.6 Å². The molecular weight excluding hydrogens is 704 g/mol. The molecule has 0 bridgehead atoms. The fourth-order valence-electron chi connectivity index (χ4n) is 6.89. The normalized spacial score (nSPS) is 17.5. The number of nitrogens with one attached hydrogen (secondary N) is 1. The average Bonchev–Trinajstić information content (AvgIpc) is 3.60. The monoisotopic (exact) mass is 768 g/mol. The third-order valence-corrected chi connectivity index (χ3v) is 11.5. The molecule has 2 heterocycles. The molecule has 0 amide bonds. The van der Waals surface area contributed by atoms with Crippen molar-refractivity contribution in [3.05, 3.63) is 144 Å². The van der Waals surface area contributed by atoms with Gasteiger partial charge in [-0.2, -0.15) is 0 Å². The molecule has 1 unspecified atom stereocenters. The van der Waals surface area contributed by atoms with Gasteiger partial charge in [0.1, 0.15) is 0 Å². The van der Waals surface area contributed by atoms with Gasteiger partial charge in [-0.25, -0.2) is 0 Å². The molecule has 0 saturated carbocycles. The van der Waals surface area contributed by atoms with Crippen LogP contribution < -0.4 is 22.4 Å². The summed E-state index contributed by atoms with van der Waals surface area (Å²) in [6.45, 7) is 21.9. The van der Waals surface area contributed by atoms with E-state index in [1.807, 2.05) is 18.2 Å². The van der Waals surface area contributed by atoms with Gasteiger partial charge in [-0.05, 0) is 132 Å². The molecular formula is C48H63B2N3O4. The van der Waals surface area contributed by atoms with Crippen LogP contribution in [0, 0.1) is 5.41 Å². The molecule has 57 heavy (non-hydrogen) atoms. The van der Waals surface area contributed by atoms with Crippen molar-refractivity contribution in [3.8, 4) is 22.3 Å². The maximum atomic E-state index is 6.39. The molecule has 5 aromatic carbocycles. The molecule has 5 N–H and O–H groups in total. The van der Waals surface area contributed by atoms with Crippen LogP contribution in [0.25, 0.3) is 22.3 Å². The Morgan fingerprint density at radius 2 is 0.877 bits per heavy atom. The molecule has 2 fully saturated rings. The lowest BCUT2D eigenvalue weighted by Gasteiger charge is -2.32. The summed E-state index contributed by atoms with van der Waals surface area (Å²) in [4.78, 5) is 0. The van der Waals surface area contributed by atoms with Crippen LogP contribution in [0.1, 0.15) is 91.3 Å². The topological polar surface area (TPSA) is 113 Å². The van der Waals surface area contributed by atoms with E-state index in [-0.39, 0.29) is 36.6 Å². The molecule has 7 rings (SSSR count). The predicted octanol–water partition coefficient (Wildman–Crippen LogP) is 9.15. The molecule has 2 saturated heterocycles. The number of rotatable bonds is 8. The van der Waals surface area contributed by atoms with E-state index in [1.54, 1.807) is 0 Å². The minimum atomic E-state index is -0.370. The lowest BCUT2D eigenvalue weighted by atomic mass is 9.75. The van der Waals surface area contributed by atoms with E-state index in [9.17, 15) is 0 Å². The fourth-order valence-corrected chi connectivity index (χ4v) is 6.89. The second kappa shape index (κ2) is 19.4. The smallest absolute Gasteiger partial charge is 0.399 e. The number of nitrogens with two attached hydrogens (primary N) is 2. The van der Waals surface area contributed by atoms with E-state index in [0.717, 1.165) is 28.5 Å². The van der Waals surface area contributed by atoms with E-state index >= 15 is 0 Å². The van der Waals surface area contributed by atoms with Crippen LogP contribution in [-0.2, 0) is 25.2 Å². The lowest BCUT2D eigenvalue weighted by molar-refractivity contribution is 0.00578. The van der Waals surface area contributed by atoms with Crippen molar-refractivity contribution in [2.24, 2.45) is 11.5 Å². The van der Waals surface area contributed by atoms with Gasteiger partial charge in [0.2, 0.25) is 0 Å². The first-order valence-corrected chi connectivity index (χ1v) is 19.9. The summed E-state index contributed by atoms with van der Waals surface area (Å²) in [6.07, 6.45) is 1.03. The summed E-state index contributed by atoms with van der Waals surface area (Å²) < 4.78 is 25.1. The minimum absolute atomic E-state index is 0.330. The second-order valence-corrected chi connectivity index (χ2v) is 16.3. The molecule has 0 aromatic heterocycles. The zero-order chi connectivity index (χ0) is 42.0. The van der Waals surface area contributed by atoms with Gasteiger partial charge in [-0.3, -0.25) is 0 Å². The first kappa shape index (κ1) is 45.4. The highest BCUT2D eigenvalue weighted by molar-refractivity contribution is 6.62. The Morgan fingerprint density at radius 1 is 0.509 bits per heavy atom. The Bertz CT molecular complexity index is 1980. The molecule has 0 radical (unpaired) electrons. The molecule has 0 spiro atoms. The van der Waals surface area contributed by atoms with Crippen LogP contribution in [0.2, 0.25) is 0 Å². The highest BCUT2D eigenvalue weighted by Gasteiger charge is 2.53. The maximum Gasteiger partial charge on any atom is 0.494 e. The van der Waals surface area contributed by atoms with Gasteiger partial charge in [0, 0.05) is 12.5 Å². The van der Waals surface area contributed by atoms with Crippen molar-refractivity contribution >= 4 is 31.9 Å². The first-order valence-electron chi connectivity index (χ1n) is 19.9. The Labute approximate surface area is 343 Å². The van der Waals surface area contributed by atoms with Gasteiger partial charge in [0.15, 0.2) is 0 Å². The largest absolute Gasteiger partial charge is 0.494 e. The van der Waals surface area contributed by atoms with Crippen molar-refractivity contribution in [1.29, 1.82) is 5.41 Å². The van der Waals surface area contributed by atoms with Crippen LogP contribution in [0.4, 0.5) is 0 Å². The molecule has 7 nitrogen and oxygen atoms in total. The number of benzene rings is 5. The standard InChI is InChI=1S/C27H31BO2.C19H24BNO2.CH5N.CH3N/c1-6-25(21-15-11-8-12-16-21)23-17-22(20-13-9-7-10-14-20)18-24(19-23)28-29-26(2,3)27(4,5)30-28;1-18(2)19(3,4)23-20(22-18)17-11-14(13-21)10-16(12-17)15-8-6-5-7-9-15;2*1-2/h7-19,25H,6H2,1-5H3;5-12H,13,21H2,1-4H3;2H2,1H3;2H,1H2. The van der Waals surface area contributed by atoms with Gasteiger partial charge in [0.05, 0.1) is 22.4 Å². The van der Waals surface area contributed by atoms with Gasteiger partial charge in [0.25, 0.3) is 0 Å². The quantitative estimate of drug-likeness (QED) is 0.107. The Kier molecular flexibility index (Phi) is 15.4. The molecule has 300 valence electrons. The van der Waals surface area contributed by atoms with Crippen LogP contribution in [0.15, 0.2) is 127 Å². The van der Waals surface area contributed by atoms with E-state index in [0.29, 0.717) is 12.5 Å². The van der Waals surface area contributed by atoms with Gasteiger partial charge >= 0.3 is 14.2 Å². The van der Waals surface area contributed by atoms with Crippen molar-refractivity contribution in [3.63, 3.8) is 0 Å². The minimum Gasteiger partial charge on any atom is -0.399 e. The lowest BCUT2D eigenvalue weighted by Crippen LogP contribution is -2.41. The molecule has 2 aliphatic heterocycles. The fraction of sp³-hybridized carbons (Fsp3) is 0.354. The van der Waals surface area contributed by atoms with Crippen molar-refractivity contribution in [1.82, 2.24) is 0 Å². The highest BCUT2D eigenvalue weighted by atomic mass is 16.7. The SMILES string of the molecule is C=N.CC1(C)OB(c2cc(CN)cc(-c3ccccc3)c2)OC1(C)C.CCC(c1ccccc1)c1cc(B2OC(C)(C)C(C)(C)O2)cc(-c2ccccc2)c1.CN. The molecule has 5 aromatic rings. The summed E-state index contributed by atoms with van der Waals surface area (Å²) in [5.74, 6) is 0.330. The maximum absolute atomic E-state index is 6.39. The molecule has 9 heteroatoms. The van der Waals surface area contributed by atoms with E-state index < -0.39 is 0 Å². The van der Waals surface area contributed by atoms with E-state index in [4.69, 9.17) is 29.8 Å². The van der Waals surface area contributed by atoms with Gasteiger partial charge in [-0.15, -0.1) is 0 Å². The Balaban J connectivity index is 0.000000239. The first-order chi connectivity index (χ1) is 27.1. The van der Waals surface area contributed by atoms with Gasteiger partial charge < -0.3 is 35.5 Å². The summed E-state index contributed by atoms with van der Waals surface area (Å²) >= 11 is 0. The van der Waals surface area contributed by atoms with E-state index in [1.165, 1.54) is 34.9 Å². The number of hydrogen-bond donors (Lipinski definition) is 3. The molecule has 2 aliphatic rings. The Morgan fingerprint density at radius 3 is 1.26 bits per heavy atom. The number of hydrogen-bond acceptors (Lipinski definition) is 7. The zero-order valence-electron chi connectivity index (χ0n) is 35.8. The van der Waals surface area contributed by atoms with Gasteiger partial charge in [-0.1, -0.05) is 128 Å². The van der Waals surface area contributed by atoms with Crippen LogP contribution >= 0.6 is 0 Å². The van der Waals surface area contributed by atoms with Crippen LogP contribution in [-0.4, -0.2) is 50.4 Å². The summed E-state index contributed by atoms with van der Waals surface area (Å²) in [7, 11) is 0.764. The van der Waals surface area contributed by atoms with E-state index in [2.05, 4.69) is 184 Å². The summed E-state index contributed by atoms with van der Waals surface area (Å²) in [5.41, 5.74) is 19.5. The van der Waals surface area contributed by atoms with Crippen molar-refractivity contribution in [2.45, 2.75) is 104 Å². The summed E-state index contributed by atoms with van der Waals surface area (Å²) in [5, 5.41) is 5.50. The second-order valence-electron chi connectivity index (χ2n) is 16.3. The molecule has 1 atom stereocenters. The van der Waals surface area contributed by atoms with Crippen LogP contribution in [0.5, 0.6) is 0 Å². The van der Waals surface area contributed by atoms with Crippen molar-refractivity contribution in [2.75, 3.05) is 7.05 Å². The third kappa shape index (κ3) is 10.6. The predicted molar refractivity (Wildman–Crippen MR) is 242 cm³/mol.